The van der Waals surface area contributed by atoms with Gasteiger partial charge < -0.3 is 14.7 Å². The number of oxime groups is 1. The number of rotatable bonds is 4. The third-order valence-electron chi connectivity index (χ3n) is 2.78. The van der Waals surface area contributed by atoms with Crippen LogP contribution in [0.25, 0.3) is 0 Å². The first-order valence-corrected chi connectivity index (χ1v) is 5.26. The van der Waals surface area contributed by atoms with Gasteiger partial charge in [-0.15, -0.1) is 0 Å². The summed E-state index contributed by atoms with van der Waals surface area (Å²) in [5, 5.41) is 11.5. The molecule has 0 radical (unpaired) electrons. The van der Waals surface area contributed by atoms with Crippen LogP contribution in [0.5, 0.6) is 0 Å². The van der Waals surface area contributed by atoms with E-state index in [1.54, 1.807) is 7.11 Å². The molecule has 1 aliphatic rings. The minimum atomic E-state index is 0.134. The van der Waals surface area contributed by atoms with E-state index in [9.17, 15) is 0 Å². The van der Waals surface area contributed by atoms with Gasteiger partial charge in [0.05, 0.1) is 12.3 Å². The SMILES string of the molecule is COCOC1CCc2cc(/C=N/O)ccc21. The molecule has 1 N–H and O–H groups in total. The minimum Gasteiger partial charge on any atom is -0.411 e. The Morgan fingerprint density at radius 2 is 2.44 bits per heavy atom. The van der Waals surface area contributed by atoms with Gasteiger partial charge in [-0.3, -0.25) is 0 Å². The highest BCUT2D eigenvalue weighted by Gasteiger charge is 2.22. The minimum absolute atomic E-state index is 0.134. The van der Waals surface area contributed by atoms with Gasteiger partial charge in [0, 0.05) is 7.11 Å². The molecule has 0 amide bonds. The highest BCUT2D eigenvalue weighted by molar-refractivity contribution is 5.79. The Hall–Kier alpha value is -1.39. The van der Waals surface area contributed by atoms with Crippen molar-refractivity contribution in [1.82, 2.24) is 0 Å². The van der Waals surface area contributed by atoms with Crippen LogP contribution in [0, 0.1) is 0 Å². The second-order valence-corrected chi connectivity index (χ2v) is 3.80. The highest BCUT2D eigenvalue weighted by atomic mass is 16.7. The van der Waals surface area contributed by atoms with Gasteiger partial charge in [0.25, 0.3) is 0 Å². The average Bonchev–Trinajstić information content (AvgIpc) is 2.69. The molecule has 0 saturated heterocycles. The first kappa shape index (κ1) is 11.1. The van der Waals surface area contributed by atoms with Crippen LogP contribution >= 0.6 is 0 Å². The largest absolute Gasteiger partial charge is 0.411 e. The number of benzene rings is 1. The fraction of sp³-hybridized carbons (Fsp3) is 0.417. The maximum absolute atomic E-state index is 8.46. The van der Waals surface area contributed by atoms with Crippen LogP contribution in [-0.4, -0.2) is 25.3 Å². The number of hydrogen-bond donors (Lipinski definition) is 1. The Kier molecular flexibility index (Phi) is 3.54. The summed E-state index contributed by atoms with van der Waals surface area (Å²) in [6, 6.07) is 5.98. The Bertz CT molecular complexity index is 390. The lowest BCUT2D eigenvalue weighted by Gasteiger charge is -2.12. The summed E-state index contributed by atoms with van der Waals surface area (Å²) >= 11 is 0. The monoisotopic (exact) mass is 221 g/mol. The maximum atomic E-state index is 8.46. The Labute approximate surface area is 94.5 Å². The molecule has 4 heteroatoms. The molecule has 4 nitrogen and oxygen atoms in total. The number of aryl methyl sites for hydroxylation is 1. The predicted octanol–water partition coefficient (Wildman–Crippen LogP) is 2.10. The summed E-state index contributed by atoms with van der Waals surface area (Å²) in [4.78, 5) is 0. The molecule has 0 fully saturated rings. The summed E-state index contributed by atoms with van der Waals surface area (Å²) in [6.45, 7) is 0.323. The molecule has 16 heavy (non-hydrogen) atoms. The van der Waals surface area contributed by atoms with Crippen molar-refractivity contribution in [1.29, 1.82) is 0 Å². The van der Waals surface area contributed by atoms with E-state index in [0.717, 1.165) is 18.4 Å². The normalized spacial score (nSPS) is 19.2. The first-order valence-electron chi connectivity index (χ1n) is 5.26. The zero-order valence-corrected chi connectivity index (χ0v) is 9.22. The average molecular weight is 221 g/mol. The summed E-state index contributed by atoms with van der Waals surface area (Å²) in [7, 11) is 1.62. The van der Waals surface area contributed by atoms with Crippen molar-refractivity contribution >= 4 is 6.21 Å². The highest BCUT2D eigenvalue weighted by Crippen LogP contribution is 2.34. The van der Waals surface area contributed by atoms with Crippen molar-refractivity contribution in [3.63, 3.8) is 0 Å². The lowest BCUT2D eigenvalue weighted by molar-refractivity contribution is -0.0723. The van der Waals surface area contributed by atoms with Gasteiger partial charge in [0.1, 0.15) is 6.79 Å². The predicted molar refractivity (Wildman–Crippen MR) is 59.8 cm³/mol. The van der Waals surface area contributed by atoms with Crippen LogP contribution in [0.15, 0.2) is 23.4 Å². The molecule has 86 valence electrons. The Balaban J connectivity index is 2.15. The Morgan fingerprint density at radius 3 is 3.19 bits per heavy atom. The van der Waals surface area contributed by atoms with Gasteiger partial charge in [-0.2, -0.15) is 0 Å². The van der Waals surface area contributed by atoms with Crippen molar-refractivity contribution in [3.05, 3.63) is 34.9 Å². The van der Waals surface area contributed by atoms with Crippen molar-refractivity contribution in [2.75, 3.05) is 13.9 Å². The fourth-order valence-electron chi connectivity index (χ4n) is 2.07. The molecule has 1 atom stereocenters. The number of fused-ring (bicyclic) bond motifs is 1. The molecule has 1 aliphatic carbocycles. The molecule has 1 unspecified atom stereocenters. The number of methoxy groups -OCH3 is 1. The van der Waals surface area contributed by atoms with Crippen LogP contribution in [0.4, 0.5) is 0 Å². The van der Waals surface area contributed by atoms with Crippen molar-refractivity contribution in [2.45, 2.75) is 18.9 Å². The maximum Gasteiger partial charge on any atom is 0.147 e. The molecule has 0 bridgehead atoms. The summed E-state index contributed by atoms with van der Waals surface area (Å²) in [5.41, 5.74) is 3.39. The first-order chi connectivity index (χ1) is 7.85. The third-order valence-corrected chi connectivity index (χ3v) is 2.78. The van der Waals surface area contributed by atoms with Gasteiger partial charge in [0.15, 0.2) is 0 Å². The molecule has 1 aromatic carbocycles. The lowest BCUT2D eigenvalue weighted by atomic mass is 10.1. The van der Waals surface area contributed by atoms with Crippen LogP contribution < -0.4 is 0 Å². The van der Waals surface area contributed by atoms with Crippen molar-refractivity contribution in [2.24, 2.45) is 5.16 Å². The van der Waals surface area contributed by atoms with Crippen molar-refractivity contribution in [3.8, 4) is 0 Å². The molecule has 0 aromatic heterocycles. The van der Waals surface area contributed by atoms with Gasteiger partial charge >= 0.3 is 0 Å². The van der Waals surface area contributed by atoms with Crippen LogP contribution in [0.2, 0.25) is 0 Å². The van der Waals surface area contributed by atoms with Gasteiger partial charge in [0.2, 0.25) is 0 Å². The van der Waals surface area contributed by atoms with Crippen molar-refractivity contribution < 1.29 is 14.7 Å². The summed E-state index contributed by atoms with van der Waals surface area (Å²) in [5.74, 6) is 0. The molecule has 0 spiro atoms. The number of hydrogen-bond acceptors (Lipinski definition) is 4. The molecule has 1 aromatic rings. The molecular formula is C12H15NO3. The molecule has 2 rings (SSSR count). The smallest absolute Gasteiger partial charge is 0.147 e. The quantitative estimate of drug-likeness (QED) is 0.366. The molecular weight excluding hydrogens is 206 g/mol. The molecule has 0 saturated carbocycles. The topological polar surface area (TPSA) is 51.0 Å². The number of nitrogens with zero attached hydrogens (tertiary/aromatic N) is 1. The summed E-state index contributed by atoms with van der Waals surface area (Å²) in [6.07, 6.45) is 3.55. The lowest BCUT2D eigenvalue weighted by Crippen LogP contribution is -2.03. The standard InChI is InChI=1S/C12H15NO3/c1-15-8-16-12-5-3-10-6-9(7-13-14)2-4-11(10)12/h2,4,6-7,12,14H,3,5,8H2,1H3/b13-7+. The van der Waals surface area contributed by atoms with E-state index in [2.05, 4.69) is 5.16 Å². The zero-order valence-electron chi connectivity index (χ0n) is 9.22. The van der Waals surface area contributed by atoms with E-state index in [0.29, 0.717) is 6.79 Å². The van der Waals surface area contributed by atoms with Crippen LogP contribution in [0.3, 0.4) is 0 Å². The summed E-state index contributed by atoms with van der Waals surface area (Å²) < 4.78 is 10.5. The number of ether oxygens (including phenoxy) is 2. The second-order valence-electron chi connectivity index (χ2n) is 3.80. The molecule has 0 aliphatic heterocycles. The second kappa shape index (κ2) is 5.09. The van der Waals surface area contributed by atoms with E-state index in [4.69, 9.17) is 14.7 Å². The van der Waals surface area contributed by atoms with Gasteiger partial charge in [-0.25, -0.2) is 0 Å². The fourth-order valence-corrected chi connectivity index (χ4v) is 2.07. The Morgan fingerprint density at radius 1 is 1.56 bits per heavy atom. The van der Waals surface area contributed by atoms with Gasteiger partial charge in [-0.05, 0) is 35.6 Å². The van der Waals surface area contributed by atoms with Crippen LogP contribution in [-0.2, 0) is 15.9 Å². The third kappa shape index (κ3) is 2.23. The zero-order chi connectivity index (χ0) is 11.4. The van der Waals surface area contributed by atoms with E-state index < -0.39 is 0 Å². The van der Waals surface area contributed by atoms with E-state index >= 15 is 0 Å². The molecule has 0 heterocycles. The van der Waals surface area contributed by atoms with E-state index in [1.807, 2.05) is 18.2 Å². The van der Waals surface area contributed by atoms with E-state index in [-0.39, 0.29) is 6.10 Å². The van der Waals surface area contributed by atoms with Crippen LogP contribution in [0.1, 0.15) is 29.2 Å². The van der Waals surface area contributed by atoms with Gasteiger partial charge in [-0.1, -0.05) is 17.3 Å². The van der Waals surface area contributed by atoms with E-state index in [1.165, 1.54) is 17.3 Å².